The van der Waals surface area contributed by atoms with E-state index in [1.165, 1.54) is 25.8 Å². The number of ether oxygens (including phenoxy) is 1. The number of hydrogen-bond acceptors (Lipinski definition) is 3. The van der Waals surface area contributed by atoms with Crippen molar-refractivity contribution in [1.29, 1.82) is 0 Å². The minimum atomic E-state index is 0.126. The fraction of sp³-hybridized carbons (Fsp3) is 0.938. The summed E-state index contributed by atoms with van der Waals surface area (Å²) in [6, 6.07) is 0. The molecule has 1 amide bonds. The Kier molecular flexibility index (Phi) is 8.15. The van der Waals surface area contributed by atoms with Gasteiger partial charge in [-0.2, -0.15) is 0 Å². The minimum Gasteiger partial charge on any atom is -0.369 e. The zero-order chi connectivity index (χ0) is 15.0. The number of hydrogen-bond donors (Lipinski definition) is 0. The van der Waals surface area contributed by atoms with Crippen LogP contribution in [0.2, 0.25) is 0 Å². The maximum atomic E-state index is 11.9. The van der Waals surface area contributed by atoms with Gasteiger partial charge < -0.3 is 9.64 Å². The molecule has 20 heavy (non-hydrogen) atoms. The second-order valence-electron chi connectivity index (χ2n) is 6.47. The Morgan fingerprint density at radius 2 is 1.70 bits per heavy atom. The summed E-state index contributed by atoms with van der Waals surface area (Å²) in [5, 5.41) is 0. The summed E-state index contributed by atoms with van der Waals surface area (Å²) in [7, 11) is 0. The number of unbranched alkanes of at least 4 members (excludes halogenated alkanes) is 1. The average molecular weight is 284 g/mol. The van der Waals surface area contributed by atoms with Crippen molar-refractivity contribution in [2.75, 3.05) is 39.3 Å². The van der Waals surface area contributed by atoms with Crippen molar-refractivity contribution in [3.05, 3.63) is 0 Å². The molecule has 1 fully saturated rings. The monoisotopic (exact) mass is 284 g/mol. The van der Waals surface area contributed by atoms with Gasteiger partial charge in [0.15, 0.2) is 0 Å². The topological polar surface area (TPSA) is 32.8 Å². The largest absolute Gasteiger partial charge is 0.369 e. The summed E-state index contributed by atoms with van der Waals surface area (Å²) in [4.78, 5) is 16.3. The first-order chi connectivity index (χ1) is 9.49. The molecule has 1 aliphatic rings. The van der Waals surface area contributed by atoms with Crippen molar-refractivity contribution in [3.8, 4) is 0 Å². The summed E-state index contributed by atoms with van der Waals surface area (Å²) in [6.07, 6.45) is 4.05. The molecule has 0 aliphatic carbocycles. The van der Waals surface area contributed by atoms with Crippen LogP contribution in [0.3, 0.4) is 0 Å². The number of carbonyl (C=O) groups is 1. The van der Waals surface area contributed by atoms with Crippen molar-refractivity contribution < 1.29 is 9.53 Å². The van der Waals surface area contributed by atoms with Gasteiger partial charge in [0, 0.05) is 26.2 Å². The first kappa shape index (κ1) is 17.4. The zero-order valence-corrected chi connectivity index (χ0v) is 13.7. The molecule has 0 bridgehead atoms. The van der Waals surface area contributed by atoms with E-state index in [2.05, 4.69) is 18.7 Å². The molecule has 0 aromatic heterocycles. The molecule has 1 saturated heterocycles. The van der Waals surface area contributed by atoms with Crippen LogP contribution in [-0.4, -0.2) is 61.1 Å². The molecule has 4 nitrogen and oxygen atoms in total. The maximum Gasteiger partial charge on any atom is 0.248 e. The van der Waals surface area contributed by atoms with Crippen LogP contribution in [0.1, 0.15) is 47.0 Å². The highest BCUT2D eigenvalue weighted by molar-refractivity contribution is 5.77. The van der Waals surface area contributed by atoms with Gasteiger partial charge in [-0.3, -0.25) is 9.69 Å². The smallest absolute Gasteiger partial charge is 0.248 e. The van der Waals surface area contributed by atoms with E-state index in [9.17, 15) is 4.79 Å². The van der Waals surface area contributed by atoms with Gasteiger partial charge in [-0.25, -0.2) is 0 Å². The van der Waals surface area contributed by atoms with Gasteiger partial charge >= 0.3 is 0 Å². The van der Waals surface area contributed by atoms with Gasteiger partial charge in [0.25, 0.3) is 0 Å². The van der Waals surface area contributed by atoms with Crippen LogP contribution in [-0.2, 0) is 9.53 Å². The van der Waals surface area contributed by atoms with E-state index in [4.69, 9.17) is 4.74 Å². The summed E-state index contributed by atoms with van der Waals surface area (Å²) >= 11 is 0. The molecule has 1 aliphatic heterocycles. The van der Waals surface area contributed by atoms with E-state index in [1.807, 2.05) is 18.7 Å². The summed E-state index contributed by atoms with van der Waals surface area (Å²) in [6.45, 7) is 13.6. The molecule has 0 radical (unpaired) electrons. The van der Waals surface area contributed by atoms with Gasteiger partial charge in [0.2, 0.25) is 5.91 Å². The van der Waals surface area contributed by atoms with Gasteiger partial charge in [0.05, 0.1) is 6.10 Å². The molecule has 0 saturated carbocycles. The Bertz CT molecular complexity index is 272. The zero-order valence-electron chi connectivity index (χ0n) is 13.7. The molecule has 1 heterocycles. The lowest BCUT2D eigenvalue weighted by Gasteiger charge is -2.34. The van der Waals surface area contributed by atoms with Gasteiger partial charge in [-0.1, -0.05) is 26.7 Å². The summed E-state index contributed by atoms with van der Waals surface area (Å²) in [5.41, 5.74) is 0. The first-order valence-corrected chi connectivity index (χ1v) is 8.10. The molecule has 0 unspecified atom stereocenters. The van der Waals surface area contributed by atoms with Crippen molar-refractivity contribution in [2.24, 2.45) is 5.92 Å². The quantitative estimate of drug-likeness (QED) is 0.642. The molecule has 0 spiro atoms. The molecule has 0 aromatic rings. The molecule has 1 rings (SSSR count). The molecule has 0 atom stereocenters. The van der Waals surface area contributed by atoms with E-state index < -0.39 is 0 Å². The lowest BCUT2D eigenvalue weighted by atomic mass is 10.1. The summed E-state index contributed by atoms with van der Waals surface area (Å²) < 4.78 is 5.38. The molecular weight excluding hydrogens is 252 g/mol. The third-order valence-electron chi connectivity index (χ3n) is 3.77. The Balaban J connectivity index is 2.11. The Labute approximate surface area is 124 Å². The second-order valence-corrected chi connectivity index (χ2v) is 6.47. The van der Waals surface area contributed by atoms with E-state index in [-0.39, 0.29) is 18.6 Å². The number of nitrogens with zero attached hydrogens (tertiary/aromatic N) is 2. The molecule has 4 heteroatoms. The van der Waals surface area contributed by atoms with E-state index in [0.717, 1.165) is 32.1 Å². The van der Waals surface area contributed by atoms with Crippen LogP contribution < -0.4 is 0 Å². The first-order valence-electron chi connectivity index (χ1n) is 8.10. The predicted octanol–water partition coefficient (Wildman–Crippen LogP) is 2.38. The van der Waals surface area contributed by atoms with Crippen LogP contribution in [0.4, 0.5) is 0 Å². The predicted molar refractivity (Wildman–Crippen MR) is 82.8 cm³/mol. The highest BCUT2D eigenvalue weighted by atomic mass is 16.5. The number of amides is 1. The molecule has 0 N–H and O–H groups in total. The SMILES string of the molecule is CC(C)CCCCN1CCN(C(=O)COC(C)C)CC1. The van der Waals surface area contributed by atoms with E-state index in [0.29, 0.717) is 0 Å². The third kappa shape index (κ3) is 7.25. The van der Waals surface area contributed by atoms with Crippen LogP contribution in [0.5, 0.6) is 0 Å². The van der Waals surface area contributed by atoms with Gasteiger partial charge in [0.1, 0.15) is 6.61 Å². The maximum absolute atomic E-state index is 11.9. The number of piperazine rings is 1. The highest BCUT2D eigenvalue weighted by Crippen LogP contribution is 2.09. The van der Waals surface area contributed by atoms with Gasteiger partial charge in [-0.05, 0) is 32.7 Å². The average Bonchev–Trinajstić information content (AvgIpc) is 2.41. The summed E-state index contributed by atoms with van der Waals surface area (Å²) in [5.74, 6) is 0.948. The molecular formula is C16H32N2O2. The third-order valence-corrected chi connectivity index (χ3v) is 3.77. The van der Waals surface area contributed by atoms with E-state index in [1.54, 1.807) is 0 Å². The lowest BCUT2D eigenvalue weighted by Crippen LogP contribution is -2.49. The van der Waals surface area contributed by atoms with Crippen LogP contribution in [0.25, 0.3) is 0 Å². The Morgan fingerprint density at radius 1 is 1.05 bits per heavy atom. The van der Waals surface area contributed by atoms with Crippen molar-refractivity contribution in [2.45, 2.75) is 53.1 Å². The van der Waals surface area contributed by atoms with Crippen molar-refractivity contribution >= 4 is 5.91 Å². The standard InChI is InChI=1S/C16H32N2O2/c1-14(2)7-5-6-8-17-9-11-18(12-10-17)16(19)13-20-15(3)4/h14-15H,5-13H2,1-4H3. The fourth-order valence-corrected chi connectivity index (χ4v) is 2.44. The van der Waals surface area contributed by atoms with Crippen LogP contribution >= 0.6 is 0 Å². The number of rotatable bonds is 8. The van der Waals surface area contributed by atoms with Crippen LogP contribution in [0.15, 0.2) is 0 Å². The fourth-order valence-electron chi connectivity index (χ4n) is 2.44. The number of carbonyl (C=O) groups excluding carboxylic acids is 1. The Hall–Kier alpha value is -0.610. The van der Waals surface area contributed by atoms with Crippen LogP contribution in [0, 0.1) is 5.92 Å². The normalized spacial score (nSPS) is 17.2. The minimum absolute atomic E-state index is 0.126. The lowest BCUT2D eigenvalue weighted by molar-refractivity contribution is -0.139. The molecule has 0 aromatic carbocycles. The molecule has 118 valence electrons. The second kappa shape index (κ2) is 9.35. The van der Waals surface area contributed by atoms with Crippen molar-refractivity contribution in [1.82, 2.24) is 9.80 Å². The Morgan fingerprint density at radius 3 is 2.25 bits per heavy atom. The highest BCUT2D eigenvalue weighted by Gasteiger charge is 2.20. The van der Waals surface area contributed by atoms with Crippen molar-refractivity contribution in [3.63, 3.8) is 0 Å². The van der Waals surface area contributed by atoms with E-state index >= 15 is 0 Å². The van der Waals surface area contributed by atoms with Gasteiger partial charge in [-0.15, -0.1) is 0 Å².